The van der Waals surface area contributed by atoms with Gasteiger partial charge in [0.15, 0.2) is 0 Å². The first kappa shape index (κ1) is 11.1. The van der Waals surface area contributed by atoms with Gasteiger partial charge >= 0.3 is 0 Å². The second-order valence-electron chi connectivity index (χ2n) is 2.89. The van der Waals surface area contributed by atoms with Crippen molar-refractivity contribution in [3.63, 3.8) is 0 Å². The quantitative estimate of drug-likeness (QED) is 0.326. The molecule has 0 atom stereocenters. The number of nitrogens with two attached hydrogens (primary N) is 2. The number of aliphatic imine (C=N–C) groups is 1. The number of benzene rings is 1. The van der Waals surface area contributed by atoms with Gasteiger partial charge in [-0.1, -0.05) is 0 Å². The molecule has 0 bridgehead atoms. The van der Waals surface area contributed by atoms with E-state index in [0.29, 0.717) is 24.3 Å². The van der Waals surface area contributed by atoms with Crippen LogP contribution in [-0.4, -0.2) is 24.2 Å². The monoisotopic (exact) mass is 208 g/mol. The first-order valence-corrected chi connectivity index (χ1v) is 4.39. The maximum atomic E-state index is 10.5. The maximum Gasteiger partial charge on any atom is 0.270 e. The summed E-state index contributed by atoms with van der Waals surface area (Å²) in [7, 11) is 0. The van der Waals surface area contributed by atoms with E-state index < -0.39 is 4.92 Å². The van der Waals surface area contributed by atoms with Crippen molar-refractivity contribution in [1.29, 1.82) is 0 Å². The van der Waals surface area contributed by atoms with Gasteiger partial charge in [0.05, 0.1) is 11.5 Å². The molecule has 0 radical (unpaired) electrons. The predicted molar refractivity (Wildman–Crippen MR) is 59.0 cm³/mol. The van der Waals surface area contributed by atoms with E-state index in [1.807, 2.05) is 0 Å². The first-order chi connectivity index (χ1) is 7.15. The molecule has 1 aromatic rings. The zero-order chi connectivity index (χ0) is 11.3. The Kier molecular flexibility index (Phi) is 3.75. The summed E-state index contributed by atoms with van der Waals surface area (Å²) in [5, 5.41) is 10.5. The highest BCUT2D eigenvalue weighted by molar-refractivity contribution is 5.87. The van der Waals surface area contributed by atoms with Gasteiger partial charge in [0, 0.05) is 36.1 Å². The molecule has 0 spiro atoms. The summed E-state index contributed by atoms with van der Waals surface area (Å²) in [4.78, 5) is 14.0. The van der Waals surface area contributed by atoms with Crippen molar-refractivity contribution >= 4 is 17.6 Å². The van der Waals surface area contributed by atoms with Gasteiger partial charge < -0.3 is 11.5 Å². The van der Waals surface area contributed by atoms with E-state index in [-0.39, 0.29) is 5.69 Å². The molecule has 1 rings (SSSR count). The number of non-ortho nitro benzene ring substituents is 1. The van der Waals surface area contributed by atoms with Gasteiger partial charge in [-0.25, -0.2) is 0 Å². The van der Waals surface area contributed by atoms with Crippen LogP contribution < -0.4 is 11.5 Å². The first-order valence-electron chi connectivity index (χ1n) is 4.39. The highest BCUT2D eigenvalue weighted by atomic mass is 16.6. The average Bonchev–Trinajstić information content (AvgIpc) is 2.20. The number of hydrogen-bond acceptors (Lipinski definition) is 5. The average molecular weight is 208 g/mol. The zero-order valence-electron chi connectivity index (χ0n) is 8.09. The second kappa shape index (κ2) is 5.06. The highest BCUT2D eigenvalue weighted by Gasteiger charge is 2.07. The minimum atomic E-state index is -0.473. The van der Waals surface area contributed by atoms with E-state index in [2.05, 4.69) is 4.99 Å². The SMILES string of the molecule is NCCN=Cc1cc([N+](=O)[O-])ccc1N. The Morgan fingerprint density at radius 3 is 2.87 bits per heavy atom. The van der Waals surface area contributed by atoms with E-state index in [1.54, 1.807) is 0 Å². The highest BCUT2D eigenvalue weighted by Crippen LogP contribution is 2.17. The molecule has 6 heteroatoms. The van der Waals surface area contributed by atoms with Crippen molar-refractivity contribution in [2.45, 2.75) is 0 Å². The minimum Gasteiger partial charge on any atom is -0.398 e. The molecule has 0 saturated carbocycles. The van der Waals surface area contributed by atoms with Gasteiger partial charge in [-0.2, -0.15) is 0 Å². The number of nitrogen functional groups attached to an aromatic ring is 1. The molecule has 1 aromatic carbocycles. The molecule has 0 aliphatic rings. The van der Waals surface area contributed by atoms with E-state index in [9.17, 15) is 10.1 Å². The number of nitro groups is 1. The number of hydrogen-bond donors (Lipinski definition) is 2. The van der Waals surface area contributed by atoms with Crippen LogP contribution in [0.2, 0.25) is 0 Å². The van der Waals surface area contributed by atoms with Crippen LogP contribution in [0.15, 0.2) is 23.2 Å². The Morgan fingerprint density at radius 2 is 2.27 bits per heavy atom. The van der Waals surface area contributed by atoms with Crippen LogP contribution in [-0.2, 0) is 0 Å². The predicted octanol–water partition coefficient (Wildman–Crippen LogP) is 0.555. The Labute approximate surface area is 86.8 Å². The fraction of sp³-hybridized carbons (Fsp3) is 0.222. The molecule has 0 fully saturated rings. The molecule has 6 nitrogen and oxygen atoms in total. The summed E-state index contributed by atoms with van der Waals surface area (Å²) < 4.78 is 0. The van der Waals surface area contributed by atoms with Crippen LogP contribution in [0.1, 0.15) is 5.56 Å². The number of anilines is 1. The molecule has 4 N–H and O–H groups in total. The van der Waals surface area contributed by atoms with Crippen LogP contribution in [0.25, 0.3) is 0 Å². The van der Waals surface area contributed by atoms with Crippen molar-refractivity contribution < 1.29 is 4.92 Å². The van der Waals surface area contributed by atoms with Gasteiger partial charge in [0.25, 0.3) is 5.69 Å². The van der Waals surface area contributed by atoms with E-state index >= 15 is 0 Å². The zero-order valence-corrected chi connectivity index (χ0v) is 8.09. The Hall–Kier alpha value is -1.95. The van der Waals surface area contributed by atoms with E-state index in [0.717, 1.165) is 0 Å². The lowest BCUT2D eigenvalue weighted by molar-refractivity contribution is -0.384. The molecule has 0 aromatic heterocycles. The van der Waals surface area contributed by atoms with Crippen LogP contribution in [0.5, 0.6) is 0 Å². The third kappa shape index (κ3) is 3.03. The Morgan fingerprint density at radius 1 is 1.53 bits per heavy atom. The molecule has 0 aliphatic heterocycles. The van der Waals surface area contributed by atoms with Crippen LogP contribution in [0, 0.1) is 10.1 Å². The lowest BCUT2D eigenvalue weighted by Gasteiger charge is -1.99. The van der Waals surface area contributed by atoms with Gasteiger partial charge in [0.1, 0.15) is 0 Å². The summed E-state index contributed by atoms with van der Waals surface area (Å²) in [6, 6.07) is 4.23. The summed E-state index contributed by atoms with van der Waals surface area (Å²) in [5.74, 6) is 0. The van der Waals surface area contributed by atoms with Gasteiger partial charge in [-0.3, -0.25) is 15.1 Å². The third-order valence-corrected chi connectivity index (χ3v) is 1.77. The van der Waals surface area contributed by atoms with E-state index in [1.165, 1.54) is 24.4 Å². The van der Waals surface area contributed by atoms with Crippen LogP contribution >= 0.6 is 0 Å². The lowest BCUT2D eigenvalue weighted by atomic mass is 10.2. The second-order valence-corrected chi connectivity index (χ2v) is 2.89. The standard InChI is InChI=1S/C9H12N4O2/c10-3-4-12-6-7-5-8(13(14)15)1-2-9(7)11/h1-2,5-6H,3-4,10-11H2. The normalized spacial score (nSPS) is 10.7. The molecule has 0 unspecified atom stereocenters. The molecule has 0 aliphatic carbocycles. The molecule has 0 amide bonds. The van der Waals surface area contributed by atoms with Crippen LogP contribution in [0.3, 0.4) is 0 Å². The van der Waals surface area contributed by atoms with Gasteiger partial charge in [-0.05, 0) is 6.07 Å². The molecule has 80 valence electrons. The van der Waals surface area contributed by atoms with Crippen molar-refractivity contribution in [3.05, 3.63) is 33.9 Å². The smallest absolute Gasteiger partial charge is 0.270 e. The summed E-state index contributed by atoms with van der Waals surface area (Å²) in [5.41, 5.74) is 11.9. The van der Waals surface area contributed by atoms with Crippen LogP contribution in [0.4, 0.5) is 11.4 Å². The Balaban J connectivity index is 2.95. The third-order valence-electron chi connectivity index (χ3n) is 1.77. The van der Waals surface area contributed by atoms with Crippen molar-refractivity contribution in [2.75, 3.05) is 18.8 Å². The number of rotatable bonds is 4. The molecule has 15 heavy (non-hydrogen) atoms. The summed E-state index contributed by atoms with van der Waals surface area (Å²) >= 11 is 0. The molecule has 0 heterocycles. The fourth-order valence-corrected chi connectivity index (χ4v) is 1.02. The van der Waals surface area contributed by atoms with E-state index in [4.69, 9.17) is 11.5 Å². The maximum absolute atomic E-state index is 10.5. The topological polar surface area (TPSA) is 108 Å². The number of nitro benzene ring substituents is 1. The summed E-state index contributed by atoms with van der Waals surface area (Å²) in [6.45, 7) is 0.910. The fourth-order valence-electron chi connectivity index (χ4n) is 1.02. The molecular formula is C9H12N4O2. The van der Waals surface area contributed by atoms with Crippen molar-refractivity contribution in [1.82, 2.24) is 0 Å². The van der Waals surface area contributed by atoms with Crippen molar-refractivity contribution in [3.8, 4) is 0 Å². The van der Waals surface area contributed by atoms with Gasteiger partial charge in [-0.15, -0.1) is 0 Å². The minimum absolute atomic E-state index is 0.00148. The largest absolute Gasteiger partial charge is 0.398 e. The Bertz CT molecular complexity index is 390. The van der Waals surface area contributed by atoms with Gasteiger partial charge in [0.2, 0.25) is 0 Å². The summed E-state index contributed by atoms with van der Waals surface area (Å²) in [6.07, 6.45) is 1.50. The number of nitrogens with zero attached hydrogens (tertiary/aromatic N) is 2. The van der Waals surface area contributed by atoms with Crippen molar-refractivity contribution in [2.24, 2.45) is 10.7 Å². The lowest BCUT2D eigenvalue weighted by Crippen LogP contribution is -2.03. The molecule has 0 saturated heterocycles. The molecular weight excluding hydrogens is 196 g/mol.